The van der Waals surface area contributed by atoms with Crippen molar-refractivity contribution in [2.75, 3.05) is 24.1 Å². The third kappa shape index (κ3) is 8.40. The predicted octanol–water partition coefficient (Wildman–Crippen LogP) is 3.52. The van der Waals surface area contributed by atoms with Crippen LogP contribution in [-0.4, -0.2) is 94.9 Å². The van der Waals surface area contributed by atoms with Crippen molar-refractivity contribution in [3.63, 3.8) is 0 Å². The first-order valence-corrected chi connectivity index (χ1v) is 18.3. The van der Waals surface area contributed by atoms with E-state index in [4.69, 9.17) is 46.9 Å². The highest BCUT2D eigenvalue weighted by Crippen LogP contribution is 2.42. The standard InChI is InChI=1S/C31H34BCl2N5O10S2/c1-30(2,3)47-29(44)37-28-36-18(22(34)51-28)19(38-49-31(10-5-11-31)27(43)48-32)23(40)35-20-24(41)39-21(16(12-33)14-50-25(20)39)26(42)46-13-15-6-8-17(45-4)9-7-15/h6-9,20,25H,5,10-14,32H2,1-4H3,(H,35,40)(H,36,37,44)/b38-19-. The highest BCUT2D eigenvalue weighted by atomic mass is 35.5. The average Bonchev–Trinajstić information content (AvgIpc) is 3.43. The van der Waals surface area contributed by atoms with Gasteiger partial charge in [0.05, 0.1) is 7.11 Å². The normalized spacial score (nSPS) is 19.5. The summed E-state index contributed by atoms with van der Waals surface area (Å²) in [5.74, 6) is -2.02. The maximum Gasteiger partial charge on any atom is 0.413 e. The third-order valence-electron chi connectivity index (χ3n) is 7.88. The van der Waals surface area contributed by atoms with Crippen LogP contribution in [0, 0.1) is 0 Å². The molecule has 3 amide bonds. The largest absolute Gasteiger partial charge is 0.540 e. The van der Waals surface area contributed by atoms with E-state index in [1.807, 2.05) is 0 Å². The first-order valence-electron chi connectivity index (χ1n) is 15.5. The number of hydrogen-bond donors (Lipinski definition) is 2. The summed E-state index contributed by atoms with van der Waals surface area (Å²) < 4.78 is 20.8. The van der Waals surface area contributed by atoms with Crippen molar-refractivity contribution in [3.05, 3.63) is 51.1 Å². The summed E-state index contributed by atoms with van der Waals surface area (Å²) in [5, 5.41) is 8.43. The molecule has 1 aliphatic carbocycles. The number of ether oxygens (including phenoxy) is 3. The zero-order valence-corrected chi connectivity index (χ0v) is 31.3. The molecule has 0 bridgehead atoms. The second-order valence-corrected chi connectivity index (χ2v) is 15.5. The van der Waals surface area contributed by atoms with E-state index in [-0.39, 0.29) is 46.2 Å². The summed E-state index contributed by atoms with van der Waals surface area (Å²) in [7, 11) is 2.75. The van der Waals surface area contributed by atoms with Gasteiger partial charge in [-0.15, -0.1) is 23.4 Å². The first-order chi connectivity index (χ1) is 24.2. The number of oxime groups is 1. The van der Waals surface area contributed by atoms with Crippen molar-refractivity contribution in [1.29, 1.82) is 0 Å². The van der Waals surface area contributed by atoms with Gasteiger partial charge in [-0.2, -0.15) is 0 Å². The number of amides is 3. The van der Waals surface area contributed by atoms with E-state index in [1.54, 1.807) is 52.1 Å². The minimum Gasteiger partial charge on any atom is -0.540 e. The fourth-order valence-corrected chi connectivity index (χ4v) is 7.87. The molecule has 2 aromatic rings. The summed E-state index contributed by atoms with van der Waals surface area (Å²) in [4.78, 5) is 76.9. The van der Waals surface area contributed by atoms with Gasteiger partial charge in [0.1, 0.15) is 45.1 Å². The average molecular weight is 782 g/mol. The fourth-order valence-electron chi connectivity index (χ4n) is 5.16. The van der Waals surface area contributed by atoms with E-state index >= 15 is 0 Å². The molecule has 2 N–H and O–H groups in total. The minimum absolute atomic E-state index is 0.0126. The Hall–Kier alpha value is -4.00. The molecule has 3 heterocycles. The number of β-lactam (4-membered cyclic amide) rings is 1. The van der Waals surface area contributed by atoms with E-state index in [2.05, 4.69) is 20.8 Å². The number of methoxy groups -OCH3 is 1. The zero-order chi connectivity index (χ0) is 37.1. The fraction of sp³-hybridized carbons (Fsp3) is 0.452. The molecule has 1 aromatic heterocycles. The van der Waals surface area contributed by atoms with Crippen molar-refractivity contribution in [3.8, 4) is 5.75 Å². The van der Waals surface area contributed by atoms with Crippen LogP contribution in [0.4, 0.5) is 9.93 Å². The summed E-state index contributed by atoms with van der Waals surface area (Å²) in [6.45, 7) is 5.00. The number of hydrogen-bond acceptors (Lipinski definition) is 14. The first kappa shape index (κ1) is 38.2. The Morgan fingerprint density at radius 3 is 2.47 bits per heavy atom. The highest BCUT2D eigenvalue weighted by molar-refractivity contribution is 8.00. The van der Waals surface area contributed by atoms with Crippen molar-refractivity contribution in [2.24, 2.45) is 5.16 Å². The molecule has 51 heavy (non-hydrogen) atoms. The van der Waals surface area contributed by atoms with Crippen molar-refractivity contribution >= 4 is 95.0 Å². The van der Waals surface area contributed by atoms with Crippen LogP contribution < -0.4 is 15.4 Å². The molecule has 1 saturated heterocycles. The van der Waals surface area contributed by atoms with E-state index < -0.39 is 58.2 Å². The molecule has 5 rings (SSSR count). The SMILES string of the molecule is BOC(=O)C1(O/N=C(\C(=O)NC2C(=O)N3C(C(=O)OCc4ccc(OC)cc4)=C(CCl)CSC23)c2nc(NC(=O)OC(C)(C)C)sc2Cl)CCC1. The number of alkyl halides is 1. The molecule has 0 radical (unpaired) electrons. The van der Waals surface area contributed by atoms with Gasteiger partial charge in [-0.05, 0) is 50.5 Å². The molecule has 2 aliphatic heterocycles. The third-order valence-corrected chi connectivity index (χ3v) is 10.7. The molecular formula is C31H34BCl2N5O10S2. The van der Waals surface area contributed by atoms with Gasteiger partial charge in [-0.25, -0.2) is 19.4 Å². The van der Waals surface area contributed by atoms with E-state index in [9.17, 15) is 24.0 Å². The molecular weight excluding hydrogens is 748 g/mol. The van der Waals surface area contributed by atoms with Crippen molar-refractivity contribution in [1.82, 2.24) is 15.2 Å². The summed E-state index contributed by atoms with van der Waals surface area (Å²) in [6, 6.07) is 5.84. The smallest absolute Gasteiger partial charge is 0.413 e. The second kappa shape index (κ2) is 15.7. The molecule has 2 fully saturated rings. The van der Waals surface area contributed by atoms with Crippen LogP contribution in [0.5, 0.6) is 5.75 Å². The number of nitrogens with zero attached hydrogens (tertiary/aromatic N) is 3. The number of halogens is 2. The molecule has 272 valence electrons. The molecule has 1 saturated carbocycles. The van der Waals surface area contributed by atoms with E-state index in [0.29, 0.717) is 29.1 Å². The van der Waals surface area contributed by atoms with Crippen LogP contribution in [0.3, 0.4) is 0 Å². The Labute approximate surface area is 312 Å². The quantitative estimate of drug-likeness (QED) is 0.0799. The van der Waals surface area contributed by atoms with Crippen LogP contribution in [0.25, 0.3) is 0 Å². The Bertz CT molecular complexity index is 1780. The monoisotopic (exact) mass is 781 g/mol. The number of thiazole rings is 1. The Morgan fingerprint density at radius 1 is 1.18 bits per heavy atom. The molecule has 3 aliphatic rings. The van der Waals surface area contributed by atoms with Crippen LogP contribution >= 0.6 is 46.3 Å². The van der Waals surface area contributed by atoms with Gasteiger partial charge in [0.25, 0.3) is 11.8 Å². The number of carbonyl (C=O) groups excluding carboxylic acids is 5. The zero-order valence-electron chi connectivity index (χ0n) is 28.2. The van der Waals surface area contributed by atoms with Crippen LogP contribution in [0.2, 0.25) is 4.34 Å². The lowest BCUT2D eigenvalue weighted by Gasteiger charge is -2.49. The van der Waals surface area contributed by atoms with Gasteiger partial charge in [0, 0.05) is 24.5 Å². The second-order valence-electron chi connectivity index (χ2n) is 12.5. The number of rotatable bonds is 12. The predicted molar refractivity (Wildman–Crippen MR) is 191 cm³/mol. The van der Waals surface area contributed by atoms with Crippen molar-refractivity contribution in [2.45, 2.75) is 69.3 Å². The molecule has 0 spiro atoms. The summed E-state index contributed by atoms with van der Waals surface area (Å²) in [5.41, 5.74) is -1.66. The van der Waals surface area contributed by atoms with E-state index in [1.165, 1.54) is 24.7 Å². The molecule has 20 heteroatoms. The lowest BCUT2D eigenvalue weighted by Crippen LogP contribution is -2.71. The topological polar surface area (TPSA) is 184 Å². The van der Waals surface area contributed by atoms with Gasteiger partial charge in [0.15, 0.2) is 10.8 Å². The molecule has 2 atom stereocenters. The van der Waals surface area contributed by atoms with Gasteiger partial charge in [-0.1, -0.05) is 40.2 Å². The minimum atomic E-state index is -1.42. The highest BCUT2D eigenvalue weighted by Gasteiger charge is 2.55. The van der Waals surface area contributed by atoms with Gasteiger partial charge in [-0.3, -0.25) is 19.8 Å². The van der Waals surface area contributed by atoms with Gasteiger partial charge in [0.2, 0.25) is 5.60 Å². The van der Waals surface area contributed by atoms with E-state index in [0.717, 1.165) is 11.3 Å². The molecule has 2 unspecified atom stereocenters. The van der Waals surface area contributed by atoms with Gasteiger partial charge >= 0.3 is 26.1 Å². The number of thioether (sulfide) groups is 1. The summed E-state index contributed by atoms with van der Waals surface area (Å²) >= 11 is 14.8. The van der Waals surface area contributed by atoms with Crippen LogP contribution in [-0.2, 0) is 44.8 Å². The molecule has 1 aromatic carbocycles. The number of anilines is 1. The summed E-state index contributed by atoms with van der Waals surface area (Å²) in [6.07, 6.45) is 0.419. The molecule has 15 nitrogen and oxygen atoms in total. The Balaban J connectivity index is 1.35. The Kier molecular flexibility index (Phi) is 11.8. The maximum absolute atomic E-state index is 13.9. The lowest BCUT2D eigenvalue weighted by molar-refractivity contribution is -0.175. The maximum atomic E-state index is 13.9. The van der Waals surface area contributed by atoms with Crippen LogP contribution in [0.1, 0.15) is 51.3 Å². The number of benzene rings is 1. The van der Waals surface area contributed by atoms with Crippen molar-refractivity contribution < 1.29 is 47.7 Å². The number of nitrogens with one attached hydrogen (secondary N) is 2. The number of carbonyl (C=O) groups is 5. The van der Waals surface area contributed by atoms with Gasteiger partial charge < -0.3 is 29.0 Å². The number of aromatic nitrogens is 1. The Morgan fingerprint density at radius 2 is 1.88 bits per heavy atom. The lowest BCUT2D eigenvalue weighted by atomic mass is 9.80. The van der Waals surface area contributed by atoms with Crippen LogP contribution in [0.15, 0.2) is 40.7 Å². The number of fused-ring (bicyclic) bond motifs is 1. The number of esters is 1.